The molecule has 1 saturated carbocycles. The van der Waals surface area contributed by atoms with Gasteiger partial charge in [-0.1, -0.05) is 40.2 Å². The number of carbonyl (C=O) groups excluding carboxylic acids is 1. The Morgan fingerprint density at radius 2 is 1.95 bits per heavy atom. The minimum Gasteiger partial charge on any atom is -0.376 e. The Kier molecular flexibility index (Phi) is 3.66. The third-order valence-corrected chi connectivity index (χ3v) is 4.48. The summed E-state index contributed by atoms with van der Waals surface area (Å²) < 4.78 is 1.07. The first-order chi connectivity index (χ1) is 9.66. The molecule has 1 amide bonds. The highest BCUT2D eigenvalue weighted by atomic mass is 79.9. The highest BCUT2D eigenvalue weighted by Crippen LogP contribution is 2.30. The van der Waals surface area contributed by atoms with Gasteiger partial charge in [-0.25, -0.2) is 0 Å². The van der Waals surface area contributed by atoms with Gasteiger partial charge in [-0.05, 0) is 30.4 Å². The normalized spacial score (nSPS) is 14.3. The smallest absolute Gasteiger partial charge is 0.241 e. The molecule has 1 aliphatic carbocycles. The standard InChI is InChI=1S/C16H17BrN2O/c1-19(11-6-7-11)16(20)10-18-15-9-8-14(17)12-4-2-3-5-13(12)15/h2-5,8-9,11,18H,6-7,10H2,1H3. The second-order valence-corrected chi connectivity index (χ2v) is 6.08. The van der Waals surface area contributed by atoms with Crippen LogP contribution in [0.5, 0.6) is 0 Å². The van der Waals surface area contributed by atoms with Crippen LogP contribution in [0.2, 0.25) is 0 Å². The van der Waals surface area contributed by atoms with Crippen LogP contribution >= 0.6 is 15.9 Å². The Balaban J connectivity index is 1.77. The molecule has 3 nitrogen and oxygen atoms in total. The summed E-state index contributed by atoms with van der Waals surface area (Å²) in [6, 6.07) is 12.7. The van der Waals surface area contributed by atoms with Crippen LogP contribution in [0.3, 0.4) is 0 Å². The molecule has 104 valence electrons. The molecule has 0 heterocycles. The molecule has 1 fully saturated rings. The maximum atomic E-state index is 12.1. The van der Waals surface area contributed by atoms with Crippen molar-refractivity contribution in [2.75, 3.05) is 18.9 Å². The van der Waals surface area contributed by atoms with Crippen LogP contribution in [0.15, 0.2) is 40.9 Å². The summed E-state index contributed by atoms with van der Waals surface area (Å²) in [6.45, 7) is 0.346. The molecule has 2 aromatic carbocycles. The van der Waals surface area contributed by atoms with Gasteiger partial charge >= 0.3 is 0 Å². The predicted molar refractivity (Wildman–Crippen MR) is 85.9 cm³/mol. The summed E-state index contributed by atoms with van der Waals surface area (Å²) >= 11 is 3.56. The molecule has 0 atom stereocenters. The molecule has 4 heteroatoms. The lowest BCUT2D eigenvalue weighted by atomic mass is 10.1. The summed E-state index contributed by atoms with van der Waals surface area (Å²) in [6.07, 6.45) is 2.28. The van der Waals surface area contributed by atoms with Gasteiger partial charge in [-0.3, -0.25) is 4.79 Å². The summed E-state index contributed by atoms with van der Waals surface area (Å²) in [5.41, 5.74) is 1.00. The van der Waals surface area contributed by atoms with Gasteiger partial charge in [0.05, 0.1) is 6.54 Å². The van der Waals surface area contributed by atoms with Crippen molar-refractivity contribution < 1.29 is 4.79 Å². The SMILES string of the molecule is CN(C(=O)CNc1ccc(Br)c2ccccc12)C1CC1. The zero-order valence-electron chi connectivity index (χ0n) is 11.4. The average Bonchev–Trinajstić information content (AvgIpc) is 3.30. The fraction of sp³-hybridized carbons (Fsp3) is 0.312. The Hall–Kier alpha value is -1.55. The van der Waals surface area contributed by atoms with Gasteiger partial charge < -0.3 is 10.2 Å². The van der Waals surface area contributed by atoms with Crippen molar-refractivity contribution in [3.8, 4) is 0 Å². The first-order valence-corrected chi connectivity index (χ1v) is 7.63. The lowest BCUT2D eigenvalue weighted by Crippen LogP contribution is -2.33. The average molecular weight is 333 g/mol. The van der Waals surface area contributed by atoms with Crippen LogP contribution in [0.25, 0.3) is 10.8 Å². The van der Waals surface area contributed by atoms with E-state index >= 15 is 0 Å². The van der Waals surface area contributed by atoms with Gasteiger partial charge in [0.15, 0.2) is 0 Å². The molecular formula is C16H17BrN2O. The topological polar surface area (TPSA) is 32.3 Å². The van der Waals surface area contributed by atoms with E-state index in [0.29, 0.717) is 12.6 Å². The second-order valence-electron chi connectivity index (χ2n) is 5.23. The Morgan fingerprint density at radius 3 is 2.65 bits per heavy atom. The van der Waals surface area contributed by atoms with Crippen molar-refractivity contribution in [3.63, 3.8) is 0 Å². The summed E-state index contributed by atoms with van der Waals surface area (Å²) in [4.78, 5) is 13.9. The van der Waals surface area contributed by atoms with E-state index in [0.717, 1.165) is 33.8 Å². The molecule has 1 aliphatic rings. The maximum Gasteiger partial charge on any atom is 0.241 e. The number of carbonyl (C=O) groups is 1. The number of rotatable bonds is 4. The van der Waals surface area contributed by atoms with Crippen molar-refractivity contribution >= 4 is 38.3 Å². The van der Waals surface area contributed by atoms with Crippen molar-refractivity contribution in [2.45, 2.75) is 18.9 Å². The summed E-state index contributed by atoms with van der Waals surface area (Å²) in [5.74, 6) is 0.152. The molecule has 0 saturated heterocycles. The molecule has 0 radical (unpaired) electrons. The number of hydrogen-bond acceptors (Lipinski definition) is 2. The van der Waals surface area contributed by atoms with E-state index < -0.39 is 0 Å². The Morgan fingerprint density at radius 1 is 1.25 bits per heavy atom. The Labute approximate surface area is 127 Å². The van der Waals surface area contributed by atoms with E-state index in [4.69, 9.17) is 0 Å². The molecular weight excluding hydrogens is 316 g/mol. The third-order valence-electron chi connectivity index (χ3n) is 3.79. The van der Waals surface area contributed by atoms with Crippen LogP contribution in [-0.4, -0.2) is 30.4 Å². The number of nitrogens with one attached hydrogen (secondary N) is 1. The minimum absolute atomic E-state index is 0.152. The van der Waals surface area contributed by atoms with Crippen LogP contribution < -0.4 is 5.32 Å². The van der Waals surface area contributed by atoms with Gasteiger partial charge in [0, 0.05) is 28.6 Å². The molecule has 20 heavy (non-hydrogen) atoms. The van der Waals surface area contributed by atoms with Crippen molar-refractivity contribution in [3.05, 3.63) is 40.9 Å². The van der Waals surface area contributed by atoms with E-state index in [2.05, 4.69) is 33.4 Å². The summed E-state index contributed by atoms with van der Waals surface area (Å²) in [5, 5.41) is 5.55. The molecule has 0 bridgehead atoms. The van der Waals surface area contributed by atoms with Crippen LogP contribution in [0.1, 0.15) is 12.8 Å². The summed E-state index contributed by atoms with van der Waals surface area (Å²) in [7, 11) is 1.89. The van der Waals surface area contributed by atoms with Gasteiger partial charge in [-0.15, -0.1) is 0 Å². The number of nitrogens with zero attached hydrogens (tertiary/aromatic N) is 1. The molecule has 0 unspecified atom stereocenters. The van der Waals surface area contributed by atoms with Crippen molar-refractivity contribution in [1.82, 2.24) is 4.90 Å². The number of anilines is 1. The zero-order valence-corrected chi connectivity index (χ0v) is 13.0. The van der Waals surface area contributed by atoms with Crippen LogP contribution in [0.4, 0.5) is 5.69 Å². The van der Waals surface area contributed by atoms with Gasteiger partial charge in [-0.2, -0.15) is 0 Å². The van der Waals surface area contributed by atoms with Crippen molar-refractivity contribution in [2.24, 2.45) is 0 Å². The van der Waals surface area contributed by atoms with Crippen LogP contribution in [0, 0.1) is 0 Å². The van der Waals surface area contributed by atoms with Gasteiger partial charge in [0.1, 0.15) is 0 Å². The number of likely N-dealkylation sites (N-methyl/N-ethyl adjacent to an activating group) is 1. The highest BCUT2D eigenvalue weighted by molar-refractivity contribution is 9.10. The number of amides is 1. The first kappa shape index (κ1) is 13.4. The Bertz CT molecular complexity index is 652. The zero-order chi connectivity index (χ0) is 14.1. The van der Waals surface area contributed by atoms with E-state index in [-0.39, 0.29) is 5.91 Å². The van der Waals surface area contributed by atoms with Gasteiger partial charge in [0.2, 0.25) is 5.91 Å². The van der Waals surface area contributed by atoms with Gasteiger partial charge in [0.25, 0.3) is 0 Å². The monoisotopic (exact) mass is 332 g/mol. The van der Waals surface area contributed by atoms with E-state index in [9.17, 15) is 4.79 Å². The third kappa shape index (κ3) is 2.66. The fourth-order valence-electron chi connectivity index (χ4n) is 2.38. The maximum absolute atomic E-state index is 12.1. The molecule has 2 aromatic rings. The number of fused-ring (bicyclic) bond motifs is 1. The molecule has 0 aliphatic heterocycles. The van der Waals surface area contributed by atoms with E-state index in [1.807, 2.05) is 36.2 Å². The quantitative estimate of drug-likeness (QED) is 0.927. The molecule has 1 N–H and O–H groups in total. The molecule has 0 spiro atoms. The number of benzene rings is 2. The highest BCUT2D eigenvalue weighted by Gasteiger charge is 2.29. The second kappa shape index (κ2) is 5.44. The first-order valence-electron chi connectivity index (χ1n) is 6.83. The minimum atomic E-state index is 0.152. The lowest BCUT2D eigenvalue weighted by molar-refractivity contribution is -0.128. The largest absolute Gasteiger partial charge is 0.376 e. The molecule has 3 rings (SSSR count). The number of halogens is 1. The van der Waals surface area contributed by atoms with Crippen molar-refractivity contribution in [1.29, 1.82) is 0 Å². The predicted octanol–water partition coefficient (Wildman–Crippen LogP) is 3.64. The lowest BCUT2D eigenvalue weighted by Gasteiger charge is -2.17. The van der Waals surface area contributed by atoms with E-state index in [1.165, 1.54) is 0 Å². The van der Waals surface area contributed by atoms with E-state index in [1.54, 1.807) is 0 Å². The van der Waals surface area contributed by atoms with Crippen LogP contribution in [-0.2, 0) is 4.79 Å². The number of hydrogen-bond donors (Lipinski definition) is 1. The molecule has 0 aromatic heterocycles. The fourth-order valence-corrected chi connectivity index (χ4v) is 2.86.